The fourth-order valence-electron chi connectivity index (χ4n) is 7.21. The van der Waals surface area contributed by atoms with Crippen molar-refractivity contribution in [2.45, 2.75) is 120 Å². The average molecular weight is 613 g/mol. The third-order valence-electron chi connectivity index (χ3n) is 9.28. The molecule has 2 aliphatic carbocycles. The summed E-state index contributed by atoms with van der Waals surface area (Å²) in [7, 11) is 4.29. The molecule has 2 aromatic rings. The SMILES string of the molecule is CCCC(CCCCCCCC1(C(=O)NCC(F)(P)P)c2ccccc2-c2ccccc21)NC(=O)CC1CCCCC1. The van der Waals surface area contributed by atoms with Crippen LogP contribution in [0.25, 0.3) is 11.1 Å². The first-order valence-electron chi connectivity index (χ1n) is 16.3. The van der Waals surface area contributed by atoms with E-state index in [1.165, 1.54) is 32.1 Å². The van der Waals surface area contributed by atoms with Crippen LogP contribution in [-0.2, 0) is 15.0 Å². The molecule has 2 amide bonds. The lowest BCUT2D eigenvalue weighted by Gasteiger charge is -2.32. The Morgan fingerprint density at radius 1 is 0.905 bits per heavy atom. The summed E-state index contributed by atoms with van der Waals surface area (Å²) in [6, 6.07) is 16.6. The first-order chi connectivity index (χ1) is 20.2. The van der Waals surface area contributed by atoms with Crippen molar-refractivity contribution in [1.29, 1.82) is 0 Å². The van der Waals surface area contributed by atoms with E-state index < -0.39 is 10.6 Å². The molecule has 3 unspecified atom stereocenters. The highest BCUT2D eigenvalue weighted by atomic mass is 31.1. The number of hydrogen-bond donors (Lipinski definition) is 2. The topological polar surface area (TPSA) is 58.2 Å². The van der Waals surface area contributed by atoms with Crippen LogP contribution in [0.1, 0.15) is 114 Å². The lowest BCUT2D eigenvalue weighted by Crippen LogP contribution is -2.46. The maximum atomic E-state index is 14.3. The summed E-state index contributed by atoms with van der Waals surface area (Å²) in [5.41, 5.74) is 3.42. The lowest BCUT2D eigenvalue weighted by atomic mass is 9.73. The zero-order valence-electron chi connectivity index (χ0n) is 25.4. The van der Waals surface area contributed by atoms with Gasteiger partial charge in [0.2, 0.25) is 11.8 Å². The maximum Gasteiger partial charge on any atom is 0.235 e. The molecule has 1 fully saturated rings. The molecule has 0 spiro atoms. The van der Waals surface area contributed by atoms with Crippen molar-refractivity contribution < 1.29 is 14.0 Å². The van der Waals surface area contributed by atoms with Gasteiger partial charge >= 0.3 is 0 Å². The molecule has 0 aromatic heterocycles. The summed E-state index contributed by atoms with van der Waals surface area (Å²) in [5, 5.41) is 4.63. The van der Waals surface area contributed by atoms with Gasteiger partial charge in [-0.15, -0.1) is 0 Å². The summed E-state index contributed by atoms with van der Waals surface area (Å²) >= 11 is 0. The minimum Gasteiger partial charge on any atom is -0.353 e. The van der Waals surface area contributed by atoms with Crippen LogP contribution >= 0.6 is 18.5 Å². The molecule has 2 aromatic carbocycles. The maximum absolute atomic E-state index is 14.3. The molecule has 2 aliphatic rings. The second kappa shape index (κ2) is 15.8. The summed E-state index contributed by atoms with van der Waals surface area (Å²) < 4.78 is 14.3. The van der Waals surface area contributed by atoms with Crippen LogP contribution in [0.2, 0.25) is 0 Å². The minimum atomic E-state index is -1.64. The van der Waals surface area contributed by atoms with Gasteiger partial charge in [0.05, 0.1) is 6.54 Å². The Labute approximate surface area is 257 Å². The number of hydrogen-bond acceptors (Lipinski definition) is 2. The Balaban J connectivity index is 1.31. The van der Waals surface area contributed by atoms with Crippen molar-refractivity contribution >= 4 is 30.3 Å². The monoisotopic (exact) mass is 612 g/mol. The third kappa shape index (κ3) is 8.63. The molecule has 0 heterocycles. The van der Waals surface area contributed by atoms with Crippen molar-refractivity contribution in [3.8, 4) is 11.1 Å². The van der Waals surface area contributed by atoms with Crippen LogP contribution < -0.4 is 10.6 Å². The fraction of sp³-hybridized carbons (Fsp3) is 0.600. The van der Waals surface area contributed by atoms with Gasteiger partial charge in [0, 0.05) is 12.5 Å². The van der Waals surface area contributed by atoms with Crippen LogP contribution in [0.15, 0.2) is 48.5 Å². The highest BCUT2D eigenvalue weighted by Crippen LogP contribution is 2.51. The summed E-state index contributed by atoms with van der Waals surface area (Å²) in [6.45, 7) is 2.11. The Morgan fingerprint density at radius 2 is 1.50 bits per heavy atom. The van der Waals surface area contributed by atoms with E-state index in [1.54, 1.807) is 0 Å². The first kappa shape index (κ1) is 33.1. The number of carbonyl (C=O) groups excluding carboxylic acids is 2. The molecule has 2 N–H and O–H groups in total. The Morgan fingerprint density at radius 3 is 2.12 bits per heavy atom. The van der Waals surface area contributed by atoms with Crippen molar-refractivity contribution in [1.82, 2.24) is 10.6 Å². The van der Waals surface area contributed by atoms with Crippen LogP contribution in [0.4, 0.5) is 4.39 Å². The number of rotatable bonds is 16. The molecular formula is C35H51FN2O2P2. The highest BCUT2D eigenvalue weighted by molar-refractivity contribution is 7.39. The number of nitrogens with one attached hydrogen (secondary N) is 2. The predicted octanol–water partition coefficient (Wildman–Crippen LogP) is 8.43. The van der Waals surface area contributed by atoms with Crippen molar-refractivity contribution in [3.05, 3.63) is 59.7 Å². The van der Waals surface area contributed by atoms with Gasteiger partial charge < -0.3 is 10.6 Å². The fourth-order valence-corrected chi connectivity index (χ4v) is 7.41. The second-order valence-corrected chi connectivity index (χ2v) is 15.3. The smallest absolute Gasteiger partial charge is 0.235 e. The molecule has 4 nitrogen and oxygen atoms in total. The number of unbranched alkanes of at least 4 members (excludes halogenated alkanes) is 4. The van der Waals surface area contributed by atoms with Gasteiger partial charge in [-0.25, -0.2) is 4.39 Å². The van der Waals surface area contributed by atoms with Crippen LogP contribution in [0.3, 0.4) is 0 Å². The summed E-state index contributed by atoms with van der Waals surface area (Å²) in [4.78, 5) is 26.6. The van der Waals surface area contributed by atoms with E-state index in [1.807, 2.05) is 24.3 Å². The largest absolute Gasteiger partial charge is 0.353 e. The van der Waals surface area contributed by atoms with Gasteiger partial charge in [0.15, 0.2) is 5.15 Å². The zero-order chi connectivity index (χ0) is 30.0. The lowest BCUT2D eigenvalue weighted by molar-refractivity contribution is -0.126. The molecule has 0 radical (unpaired) electrons. The number of fused-ring (bicyclic) bond motifs is 3. The number of halogens is 1. The molecule has 0 bridgehead atoms. The molecular weight excluding hydrogens is 561 g/mol. The van der Waals surface area contributed by atoms with Gasteiger partial charge in [0.1, 0.15) is 5.41 Å². The van der Waals surface area contributed by atoms with E-state index in [0.717, 1.165) is 73.6 Å². The van der Waals surface area contributed by atoms with Gasteiger partial charge in [-0.2, -0.15) is 0 Å². The van der Waals surface area contributed by atoms with Crippen molar-refractivity contribution in [2.75, 3.05) is 6.54 Å². The Bertz CT molecular complexity index is 1130. The molecule has 42 heavy (non-hydrogen) atoms. The highest BCUT2D eigenvalue weighted by Gasteiger charge is 2.48. The number of amides is 2. The predicted molar refractivity (Wildman–Crippen MR) is 179 cm³/mol. The van der Waals surface area contributed by atoms with Crippen LogP contribution in [0, 0.1) is 5.92 Å². The van der Waals surface area contributed by atoms with Crippen LogP contribution in [-0.4, -0.2) is 29.6 Å². The Hall–Kier alpha value is -1.83. The molecule has 0 aliphatic heterocycles. The van der Waals surface area contributed by atoms with E-state index >= 15 is 0 Å². The molecule has 4 rings (SSSR count). The van der Waals surface area contributed by atoms with Crippen molar-refractivity contribution in [2.24, 2.45) is 5.92 Å². The average Bonchev–Trinajstić information content (AvgIpc) is 3.26. The molecule has 0 saturated heterocycles. The second-order valence-electron chi connectivity index (χ2n) is 12.7. The van der Waals surface area contributed by atoms with E-state index in [-0.39, 0.29) is 24.4 Å². The van der Waals surface area contributed by atoms with Gasteiger partial charge in [-0.1, -0.05) is 132 Å². The van der Waals surface area contributed by atoms with E-state index in [4.69, 9.17) is 0 Å². The minimum absolute atomic E-state index is 0.0800. The van der Waals surface area contributed by atoms with E-state index in [0.29, 0.717) is 18.8 Å². The standard InChI is InChI=1S/C35H51FN2O2P2/c1-2-15-27(38-32(39)24-26-16-7-6-8-17-26)18-9-4-3-5-14-23-34(33(40)37-25-35(36,41)42)30-21-12-10-19-28(30)29-20-11-13-22-31(29)34/h10-13,19-22,26-27H,2-9,14-18,23-25,41-42H2,1H3,(H,37,40)(H,38,39). The zero-order valence-corrected chi connectivity index (χ0v) is 27.7. The molecule has 3 atom stereocenters. The van der Waals surface area contributed by atoms with Gasteiger partial charge in [-0.05, 0) is 60.3 Å². The molecule has 7 heteroatoms. The Kier molecular flexibility index (Phi) is 12.4. The van der Waals surface area contributed by atoms with Gasteiger partial charge in [0.25, 0.3) is 0 Å². The molecule has 1 saturated carbocycles. The summed E-state index contributed by atoms with van der Waals surface area (Å²) in [6.07, 6.45) is 16.1. The quantitative estimate of drug-likeness (QED) is 0.148. The number of benzene rings is 2. The van der Waals surface area contributed by atoms with E-state index in [2.05, 4.69) is 60.3 Å². The van der Waals surface area contributed by atoms with Crippen molar-refractivity contribution in [3.63, 3.8) is 0 Å². The van der Waals surface area contributed by atoms with E-state index in [9.17, 15) is 14.0 Å². The number of alkyl halides is 1. The normalized spacial score (nSPS) is 16.9. The first-order valence-corrected chi connectivity index (χ1v) is 17.4. The van der Waals surface area contributed by atoms with Gasteiger partial charge in [-0.3, -0.25) is 9.59 Å². The van der Waals surface area contributed by atoms with Crippen LogP contribution in [0.5, 0.6) is 0 Å². The number of carbonyl (C=O) groups is 2. The summed E-state index contributed by atoms with van der Waals surface area (Å²) in [5.74, 6) is 0.694. The third-order valence-corrected chi connectivity index (χ3v) is 9.69. The molecule has 230 valence electrons.